The minimum absolute atomic E-state index is 0.00819. The van der Waals surface area contributed by atoms with Crippen molar-refractivity contribution in [2.24, 2.45) is 23.7 Å². The number of rotatable bonds is 7. The number of hydrogen-bond donors (Lipinski definition) is 2. The highest BCUT2D eigenvalue weighted by Crippen LogP contribution is 2.53. The normalized spacial score (nSPS) is 24.4. The minimum Gasteiger partial charge on any atom is -0.454 e. The molecule has 2 bridgehead atoms. The molecule has 1 saturated heterocycles. The van der Waals surface area contributed by atoms with Crippen LogP contribution in [0.15, 0.2) is 72.8 Å². The molecule has 5 atom stereocenters. The van der Waals surface area contributed by atoms with Crippen molar-refractivity contribution in [3.05, 3.63) is 83.9 Å². The van der Waals surface area contributed by atoms with Gasteiger partial charge in [0.15, 0.2) is 6.61 Å². The van der Waals surface area contributed by atoms with Crippen LogP contribution < -0.4 is 10.9 Å². The van der Waals surface area contributed by atoms with Crippen molar-refractivity contribution in [2.75, 3.05) is 6.61 Å². The number of carbonyl (C=O) groups is 5. The molecule has 5 rings (SSSR count). The molecule has 2 aromatic rings. The summed E-state index contributed by atoms with van der Waals surface area (Å²) in [7, 11) is 0. The Labute approximate surface area is 207 Å². The van der Waals surface area contributed by atoms with Gasteiger partial charge in [-0.15, -0.1) is 0 Å². The van der Waals surface area contributed by atoms with Crippen molar-refractivity contribution >= 4 is 29.6 Å². The maximum Gasteiger partial charge on any atom is 0.330 e. The van der Waals surface area contributed by atoms with Crippen molar-refractivity contribution in [2.45, 2.75) is 18.9 Å². The number of fused-ring (bicyclic) bond motifs is 5. The van der Waals surface area contributed by atoms with E-state index in [1.165, 1.54) is 0 Å². The fourth-order valence-electron chi connectivity index (χ4n) is 5.41. The van der Waals surface area contributed by atoms with Crippen LogP contribution in [-0.4, -0.2) is 47.1 Å². The van der Waals surface area contributed by atoms with Crippen LogP contribution in [0.5, 0.6) is 0 Å². The maximum atomic E-state index is 13.3. The van der Waals surface area contributed by atoms with E-state index in [4.69, 9.17) is 4.74 Å². The summed E-state index contributed by atoms with van der Waals surface area (Å²) in [5.74, 6) is -3.75. The Morgan fingerprint density at radius 2 is 1.44 bits per heavy atom. The smallest absolute Gasteiger partial charge is 0.330 e. The van der Waals surface area contributed by atoms with Crippen LogP contribution in [0.4, 0.5) is 0 Å². The number of esters is 1. The molecule has 2 fully saturated rings. The SMILES string of the molecule is O=C(COC(=O)[C@@H](Cc1ccccc1)N1C(=O)[C@@H]2[C@H](C1=O)[C@H]1C=C[C@H]2C1)NNC(=O)c1ccccc1. The minimum atomic E-state index is -1.19. The number of amides is 4. The molecule has 3 aliphatic rings. The number of hydrazine groups is 1. The predicted octanol–water partition coefficient (Wildman–Crippen LogP) is 1.41. The Bertz CT molecular complexity index is 1200. The van der Waals surface area contributed by atoms with Crippen molar-refractivity contribution in [1.29, 1.82) is 0 Å². The fraction of sp³-hybridized carbons (Fsp3) is 0.296. The molecule has 1 heterocycles. The molecule has 0 spiro atoms. The molecular weight excluding hydrogens is 462 g/mol. The fourth-order valence-corrected chi connectivity index (χ4v) is 5.41. The average Bonchev–Trinajstić information content (AvgIpc) is 3.59. The van der Waals surface area contributed by atoms with E-state index in [0.717, 1.165) is 16.9 Å². The lowest BCUT2D eigenvalue weighted by Gasteiger charge is -2.26. The van der Waals surface area contributed by atoms with Crippen LogP contribution in [0, 0.1) is 23.7 Å². The van der Waals surface area contributed by atoms with Gasteiger partial charge in [0, 0.05) is 12.0 Å². The van der Waals surface area contributed by atoms with Gasteiger partial charge in [-0.05, 0) is 36.0 Å². The molecule has 36 heavy (non-hydrogen) atoms. The Morgan fingerprint density at radius 3 is 2.06 bits per heavy atom. The number of nitrogens with zero attached hydrogens (tertiary/aromatic N) is 1. The molecule has 0 unspecified atom stereocenters. The first kappa shape index (κ1) is 23.5. The standard InChI is InChI=1S/C27H25N3O6/c31-21(28-29-24(32)17-9-5-2-6-10-17)15-36-27(35)20(13-16-7-3-1-4-8-16)30-25(33)22-18-11-12-19(14-18)23(22)26(30)34/h1-12,18-20,22-23H,13-15H2,(H,28,31)(H,29,32)/t18-,19-,20+,22-,23+/m0/s1. The number of hydrogen-bond acceptors (Lipinski definition) is 6. The largest absolute Gasteiger partial charge is 0.454 e. The van der Waals surface area contributed by atoms with E-state index in [0.29, 0.717) is 5.56 Å². The summed E-state index contributed by atoms with van der Waals surface area (Å²) >= 11 is 0. The number of likely N-dealkylation sites (tertiary alicyclic amines) is 1. The van der Waals surface area contributed by atoms with Gasteiger partial charge in [-0.25, -0.2) is 4.79 Å². The lowest BCUT2D eigenvalue weighted by Crippen LogP contribution is -2.49. The Morgan fingerprint density at radius 1 is 0.861 bits per heavy atom. The summed E-state index contributed by atoms with van der Waals surface area (Å²) in [5, 5.41) is 0. The zero-order valence-corrected chi connectivity index (χ0v) is 19.3. The highest BCUT2D eigenvalue weighted by atomic mass is 16.5. The van der Waals surface area contributed by atoms with Gasteiger partial charge in [0.25, 0.3) is 11.8 Å². The highest BCUT2D eigenvalue weighted by Gasteiger charge is 2.61. The highest BCUT2D eigenvalue weighted by molar-refractivity contribution is 6.09. The van der Waals surface area contributed by atoms with Gasteiger partial charge in [-0.1, -0.05) is 60.7 Å². The van der Waals surface area contributed by atoms with Gasteiger partial charge in [-0.2, -0.15) is 0 Å². The first-order valence-electron chi connectivity index (χ1n) is 11.8. The van der Waals surface area contributed by atoms with Crippen LogP contribution >= 0.6 is 0 Å². The average molecular weight is 488 g/mol. The van der Waals surface area contributed by atoms with Gasteiger partial charge in [0.05, 0.1) is 11.8 Å². The van der Waals surface area contributed by atoms with Crippen molar-refractivity contribution in [1.82, 2.24) is 15.8 Å². The molecule has 0 radical (unpaired) electrons. The van der Waals surface area contributed by atoms with Crippen LogP contribution in [0.1, 0.15) is 22.3 Å². The maximum absolute atomic E-state index is 13.3. The van der Waals surface area contributed by atoms with E-state index in [9.17, 15) is 24.0 Å². The van der Waals surface area contributed by atoms with Crippen molar-refractivity contribution < 1.29 is 28.7 Å². The molecule has 184 valence electrons. The molecular formula is C27H25N3O6. The van der Waals surface area contributed by atoms with E-state index in [1.54, 1.807) is 54.6 Å². The third-order valence-corrected chi connectivity index (χ3v) is 7.06. The van der Waals surface area contributed by atoms with Gasteiger partial charge in [-0.3, -0.25) is 34.9 Å². The summed E-state index contributed by atoms with van der Waals surface area (Å²) < 4.78 is 5.21. The number of carbonyl (C=O) groups excluding carboxylic acids is 5. The van der Waals surface area contributed by atoms with Crippen LogP contribution in [0.25, 0.3) is 0 Å². The van der Waals surface area contributed by atoms with E-state index < -0.39 is 42.3 Å². The molecule has 2 aliphatic carbocycles. The molecule has 1 aliphatic heterocycles. The van der Waals surface area contributed by atoms with Crippen LogP contribution in [0.2, 0.25) is 0 Å². The second-order valence-electron chi connectivity index (χ2n) is 9.23. The Balaban J connectivity index is 1.25. The van der Waals surface area contributed by atoms with Crippen molar-refractivity contribution in [3.8, 4) is 0 Å². The van der Waals surface area contributed by atoms with Gasteiger partial charge in [0.1, 0.15) is 6.04 Å². The molecule has 9 nitrogen and oxygen atoms in total. The summed E-state index contributed by atoms with van der Waals surface area (Å²) in [4.78, 5) is 65.1. The number of imide groups is 1. The summed E-state index contributed by atoms with van der Waals surface area (Å²) in [6, 6.07) is 16.1. The third kappa shape index (κ3) is 4.39. The number of benzene rings is 2. The molecule has 2 N–H and O–H groups in total. The first-order chi connectivity index (χ1) is 17.4. The summed E-state index contributed by atoms with van der Waals surface area (Å²) in [6.45, 7) is -0.685. The first-order valence-corrected chi connectivity index (χ1v) is 11.8. The van der Waals surface area contributed by atoms with Gasteiger partial charge < -0.3 is 4.74 Å². The Kier molecular flexibility index (Phi) is 6.37. The number of nitrogens with one attached hydrogen (secondary N) is 2. The van der Waals surface area contributed by atoms with Crippen molar-refractivity contribution in [3.63, 3.8) is 0 Å². The molecule has 2 aromatic carbocycles. The van der Waals surface area contributed by atoms with E-state index in [1.807, 2.05) is 18.2 Å². The second kappa shape index (κ2) is 9.77. The molecule has 9 heteroatoms. The summed E-state index contributed by atoms with van der Waals surface area (Å²) in [6.07, 6.45) is 4.83. The van der Waals surface area contributed by atoms with Gasteiger partial charge >= 0.3 is 5.97 Å². The topological polar surface area (TPSA) is 122 Å². The zero-order valence-electron chi connectivity index (χ0n) is 19.3. The molecule has 1 saturated carbocycles. The number of allylic oxidation sites excluding steroid dienone is 2. The summed E-state index contributed by atoms with van der Waals surface area (Å²) in [5.41, 5.74) is 5.53. The second-order valence-corrected chi connectivity index (χ2v) is 9.23. The van der Waals surface area contributed by atoms with Crippen LogP contribution in [-0.2, 0) is 30.3 Å². The Hall–Kier alpha value is -4.27. The monoisotopic (exact) mass is 487 g/mol. The van der Waals surface area contributed by atoms with E-state index in [-0.39, 0.29) is 30.1 Å². The number of ether oxygens (including phenoxy) is 1. The van der Waals surface area contributed by atoms with Gasteiger partial charge in [0.2, 0.25) is 11.8 Å². The third-order valence-electron chi connectivity index (χ3n) is 7.06. The molecule has 0 aromatic heterocycles. The lowest BCUT2D eigenvalue weighted by atomic mass is 9.85. The van der Waals surface area contributed by atoms with Crippen LogP contribution in [0.3, 0.4) is 0 Å². The van der Waals surface area contributed by atoms with E-state index >= 15 is 0 Å². The lowest BCUT2D eigenvalue weighted by molar-refractivity contribution is -0.160. The quantitative estimate of drug-likeness (QED) is 0.264. The zero-order chi connectivity index (χ0) is 25.2. The van der Waals surface area contributed by atoms with E-state index in [2.05, 4.69) is 10.9 Å². The predicted molar refractivity (Wildman–Crippen MR) is 127 cm³/mol. The molecule has 4 amide bonds.